The minimum absolute atomic E-state index is 0.0850. The zero-order chi connectivity index (χ0) is 26.6. The molecule has 6 atom stereocenters. The molecule has 3 amide bonds. The minimum Gasteiger partial charge on any atom is -0.481 e. The van der Waals surface area contributed by atoms with Crippen molar-refractivity contribution in [3.8, 4) is 0 Å². The van der Waals surface area contributed by atoms with Gasteiger partial charge in [0.25, 0.3) is 0 Å². The molecule has 16 heteroatoms. The van der Waals surface area contributed by atoms with Crippen molar-refractivity contribution in [2.24, 2.45) is 22.2 Å². The van der Waals surface area contributed by atoms with Crippen molar-refractivity contribution >= 4 is 35.6 Å². The SMILES string of the molecule is CC(O)C(N)C(=O)NC(C(=O)NC(CC(=O)O)C(=O)NC(CCCN=C(N)N)C(=O)O)C(C)O. The van der Waals surface area contributed by atoms with E-state index in [1.54, 1.807) is 0 Å². The number of amides is 3. The molecular weight excluding hydrogens is 458 g/mol. The highest BCUT2D eigenvalue weighted by atomic mass is 16.4. The van der Waals surface area contributed by atoms with Gasteiger partial charge in [-0.05, 0) is 26.7 Å². The van der Waals surface area contributed by atoms with E-state index in [-0.39, 0.29) is 25.3 Å². The second kappa shape index (κ2) is 14.6. The van der Waals surface area contributed by atoms with Gasteiger partial charge in [0.2, 0.25) is 17.7 Å². The maximum Gasteiger partial charge on any atom is 0.326 e. The summed E-state index contributed by atoms with van der Waals surface area (Å²) in [7, 11) is 0. The number of hydrogen-bond donors (Lipinski definition) is 10. The fourth-order valence-electron chi connectivity index (χ4n) is 2.55. The van der Waals surface area contributed by atoms with Gasteiger partial charge < -0.3 is 53.6 Å². The molecule has 0 aliphatic carbocycles. The van der Waals surface area contributed by atoms with Crippen LogP contribution in [-0.4, -0.2) is 99.0 Å². The lowest BCUT2D eigenvalue weighted by Crippen LogP contribution is -2.61. The summed E-state index contributed by atoms with van der Waals surface area (Å²) in [6, 6.07) is -6.27. The number of aliphatic imine (C=N–C) groups is 1. The highest BCUT2D eigenvalue weighted by molar-refractivity contribution is 5.95. The van der Waals surface area contributed by atoms with Crippen LogP contribution in [0.4, 0.5) is 0 Å². The van der Waals surface area contributed by atoms with Gasteiger partial charge in [-0.1, -0.05) is 0 Å². The molecule has 0 saturated heterocycles. The second-order valence-corrected chi connectivity index (χ2v) is 7.50. The van der Waals surface area contributed by atoms with Crippen molar-refractivity contribution in [2.45, 2.75) is 69.5 Å². The van der Waals surface area contributed by atoms with E-state index in [9.17, 15) is 39.3 Å². The third-order valence-corrected chi connectivity index (χ3v) is 4.46. The first kappa shape index (κ1) is 30.5. The Balaban J connectivity index is 5.42. The smallest absolute Gasteiger partial charge is 0.326 e. The number of aliphatic hydroxyl groups is 2. The highest BCUT2D eigenvalue weighted by Crippen LogP contribution is 2.03. The molecule has 0 aromatic rings. The molecule has 0 aliphatic rings. The molecule has 0 heterocycles. The van der Waals surface area contributed by atoms with Crippen LogP contribution in [0.2, 0.25) is 0 Å². The molecule has 34 heavy (non-hydrogen) atoms. The minimum atomic E-state index is -1.74. The number of nitrogens with two attached hydrogens (primary N) is 3. The van der Waals surface area contributed by atoms with Gasteiger partial charge in [-0.2, -0.15) is 0 Å². The van der Waals surface area contributed by atoms with Gasteiger partial charge in [-0.15, -0.1) is 0 Å². The van der Waals surface area contributed by atoms with Gasteiger partial charge >= 0.3 is 11.9 Å². The van der Waals surface area contributed by atoms with Crippen molar-refractivity contribution in [3.63, 3.8) is 0 Å². The largest absolute Gasteiger partial charge is 0.481 e. The maximum absolute atomic E-state index is 12.6. The normalized spacial score (nSPS) is 16.0. The first-order chi connectivity index (χ1) is 15.7. The molecule has 0 aliphatic heterocycles. The third-order valence-electron chi connectivity index (χ3n) is 4.46. The van der Waals surface area contributed by atoms with Crippen LogP contribution in [0.25, 0.3) is 0 Å². The van der Waals surface area contributed by atoms with Crippen molar-refractivity contribution in [2.75, 3.05) is 6.54 Å². The molecule has 0 rings (SSSR count). The quantitative estimate of drug-likeness (QED) is 0.0586. The summed E-state index contributed by atoms with van der Waals surface area (Å²) in [5.74, 6) is -6.35. The molecule has 0 saturated carbocycles. The predicted octanol–water partition coefficient (Wildman–Crippen LogP) is -4.86. The Morgan fingerprint density at radius 1 is 0.853 bits per heavy atom. The Morgan fingerprint density at radius 2 is 1.41 bits per heavy atom. The number of guanidine groups is 1. The lowest BCUT2D eigenvalue weighted by Gasteiger charge is -2.26. The Bertz CT molecular complexity index is 769. The molecule has 0 radical (unpaired) electrons. The fraction of sp³-hybridized carbons (Fsp3) is 0.667. The molecule has 16 nitrogen and oxygen atoms in total. The lowest BCUT2D eigenvalue weighted by atomic mass is 10.1. The Kier molecular flexibility index (Phi) is 13.1. The van der Waals surface area contributed by atoms with E-state index >= 15 is 0 Å². The van der Waals surface area contributed by atoms with Crippen molar-refractivity contribution < 1.29 is 44.4 Å². The zero-order valence-electron chi connectivity index (χ0n) is 18.8. The summed E-state index contributed by atoms with van der Waals surface area (Å²) in [5.41, 5.74) is 15.8. The van der Waals surface area contributed by atoms with E-state index in [1.807, 2.05) is 0 Å². The van der Waals surface area contributed by atoms with Gasteiger partial charge in [0, 0.05) is 6.54 Å². The van der Waals surface area contributed by atoms with Gasteiger partial charge in [-0.25, -0.2) is 4.79 Å². The predicted molar refractivity (Wildman–Crippen MR) is 117 cm³/mol. The standard InChI is InChI=1S/C18H33N7O9/c1-7(26)12(19)15(31)25-13(8(2)27)16(32)24-10(6-11(28)29)14(30)23-9(17(33)34)4-3-5-22-18(20)21/h7-10,12-13,26-27H,3-6,19H2,1-2H3,(H,23,30)(H,24,32)(H,25,31)(H,28,29)(H,33,34)(H4,20,21,22). The lowest BCUT2D eigenvalue weighted by molar-refractivity contribution is -0.144. The van der Waals surface area contributed by atoms with Gasteiger partial charge in [0.1, 0.15) is 24.2 Å². The number of carbonyl (C=O) groups excluding carboxylic acids is 3. The van der Waals surface area contributed by atoms with E-state index < -0.39 is 72.5 Å². The number of rotatable bonds is 15. The number of nitrogens with zero attached hydrogens (tertiary/aromatic N) is 1. The van der Waals surface area contributed by atoms with E-state index in [2.05, 4.69) is 20.9 Å². The molecule has 0 bridgehead atoms. The topological polar surface area (TPSA) is 293 Å². The number of nitrogens with one attached hydrogen (secondary N) is 3. The van der Waals surface area contributed by atoms with Crippen LogP contribution >= 0.6 is 0 Å². The Morgan fingerprint density at radius 3 is 1.85 bits per heavy atom. The number of aliphatic hydroxyl groups excluding tert-OH is 2. The second-order valence-electron chi connectivity index (χ2n) is 7.50. The molecule has 13 N–H and O–H groups in total. The van der Waals surface area contributed by atoms with Crippen molar-refractivity contribution in [1.82, 2.24) is 16.0 Å². The van der Waals surface area contributed by atoms with Crippen molar-refractivity contribution in [1.29, 1.82) is 0 Å². The number of carbonyl (C=O) groups is 5. The first-order valence-electron chi connectivity index (χ1n) is 10.2. The van der Waals surface area contributed by atoms with Crippen LogP contribution in [0, 0.1) is 0 Å². The fourth-order valence-corrected chi connectivity index (χ4v) is 2.55. The molecule has 0 spiro atoms. The van der Waals surface area contributed by atoms with E-state index in [1.165, 1.54) is 6.92 Å². The van der Waals surface area contributed by atoms with Crippen LogP contribution in [0.5, 0.6) is 0 Å². The first-order valence-corrected chi connectivity index (χ1v) is 10.2. The summed E-state index contributed by atoms with van der Waals surface area (Å²) >= 11 is 0. The molecule has 6 unspecified atom stereocenters. The monoisotopic (exact) mass is 491 g/mol. The summed E-state index contributed by atoms with van der Waals surface area (Å²) in [6.07, 6.45) is -3.63. The van der Waals surface area contributed by atoms with Gasteiger partial charge in [-0.3, -0.25) is 24.2 Å². The third kappa shape index (κ3) is 11.4. The Labute approximate surface area is 194 Å². The summed E-state index contributed by atoms with van der Waals surface area (Å²) in [5, 5.41) is 44.0. The summed E-state index contributed by atoms with van der Waals surface area (Å²) in [4.78, 5) is 63.5. The van der Waals surface area contributed by atoms with Crippen molar-refractivity contribution in [3.05, 3.63) is 0 Å². The summed E-state index contributed by atoms with van der Waals surface area (Å²) in [6.45, 7) is 2.45. The van der Waals surface area contributed by atoms with E-state index in [0.717, 1.165) is 6.92 Å². The number of hydrogen-bond acceptors (Lipinski definition) is 9. The van der Waals surface area contributed by atoms with Crippen LogP contribution in [0.1, 0.15) is 33.1 Å². The van der Waals surface area contributed by atoms with Crippen LogP contribution in [-0.2, 0) is 24.0 Å². The number of aliphatic carboxylic acids is 2. The Hall–Kier alpha value is -3.50. The zero-order valence-corrected chi connectivity index (χ0v) is 18.8. The molecular formula is C18H33N7O9. The van der Waals surface area contributed by atoms with E-state index in [0.29, 0.717) is 0 Å². The average Bonchev–Trinajstić information content (AvgIpc) is 2.71. The number of carboxylic acids is 2. The van der Waals surface area contributed by atoms with Crippen LogP contribution < -0.4 is 33.2 Å². The van der Waals surface area contributed by atoms with Crippen LogP contribution in [0.15, 0.2) is 4.99 Å². The molecule has 0 fully saturated rings. The average molecular weight is 492 g/mol. The van der Waals surface area contributed by atoms with E-state index in [4.69, 9.17) is 22.3 Å². The maximum atomic E-state index is 12.6. The molecule has 194 valence electrons. The summed E-state index contributed by atoms with van der Waals surface area (Å²) < 4.78 is 0. The van der Waals surface area contributed by atoms with Gasteiger partial charge in [0.15, 0.2) is 5.96 Å². The van der Waals surface area contributed by atoms with Gasteiger partial charge in [0.05, 0.1) is 18.6 Å². The molecule has 0 aromatic heterocycles. The highest BCUT2D eigenvalue weighted by Gasteiger charge is 2.33. The number of carboxylic acid groups (broad SMARTS) is 2. The molecule has 0 aromatic carbocycles. The van der Waals surface area contributed by atoms with Crippen LogP contribution in [0.3, 0.4) is 0 Å².